The van der Waals surface area contributed by atoms with Crippen LogP contribution in [-0.4, -0.2) is 47.5 Å². The van der Waals surface area contributed by atoms with E-state index in [1.807, 2.05) is 0 Å². The number of rotatable bonds is 7. The summed E-state index contributed by atoms with van der Waals surface area (Å²) in [7, 11) is 0. The van der Waals surface area contributed by atoms with Crippen molar-refractivity contribution >= 4 is 53.1 Å². The van der Waals surface area contributed by atoms with E-state index in [4.69, 9.17) is 28.9 Å². The van der Waals surface area contributed by atoms with Gasteiger partial charge in [0, 0.05) is 39.3 Å². The first-order valence-corrected chi connectivity index (χ1v) is 12.4. The fourth-order valence-electron chi connectivity index (χ4n) is 5.36. The maximum atomic E-state index is 14.3. The van der Waals surface area contributed by atoms with Crippen molar-refractivity contribution in [1.29, 1.82) is 0 Å². The Bertz CT molecular complexity index is 1220. The minimum atomic E-state index is -5.00. The molecule has 1 atom stereocenters. The lowest BCUT2D eigenvalue weighted by molar-refractivity contribution is -0.142. The van der Waals surface area contributed by atoms with Gasteiger partial charge in [-0.2, -0.15) is 13.2 Å². The van der Waals surface area contributed by atoms with E-state index in [2.05, 4.69) is 18.7 Å². The first-order chi connectivity index (χ1) is 16.8. The van der Waals surface area contributed by atoms with Crippen LogP contribution >= 0.6 is 35.6 Å². The zero-order valence-electron chi connectivity index (χ0n) is 20.1. The van der Waals surface area contributed by atoms with E-state index in [1.54, 1.807) is 0 Å². The number of carbonyl (C=O) groups excluding carboxylic acids is 2. The summed E-state index contributed by atoms with van der Waals surface area (Å²) in [5.74, 6) is -2.05. The number of amides is 2. The van der Waals surface area contributed by atoms with E-state index < -0.39 is 40.3 Å². The van der Waals surface area contributed by atoms with Gasteiger partial charge in [-0.05, 0) is 56.1 Å². The highest BCUT2D eigenvalue weighted by Gasteiger charge is 2.57. The highest BCUT2D eigenvalue weighted by Crippen LogP contribution is 2.52. The van der Waals surface area contributed by atoms with E-state index >= 15 is 0 Å². The predicted molar refractivity (Wildman–Crippen MR) is 138 cm³/mol. The van der Waals surface area contributed by atoms with Crippen LogP contribution in [0.25, 0.3) is 0 Å². The summed E-state index contributed by atoms with van der Waals surface area (Å²) in [5, 5.41) is 11.8. The molecule has 4 rings (SSSR count). The molecule has 0 spiro atoms. The molecule has 0 radical (unpaired) electrons. The van der Waals surface area contributed by atoms with Gasteiger partial charge in [0.2, 0.25) is 5.91 Å². The number of nitrogens with two attached hydrogens (primary N) is 1. The number of nitrogens with zero attached hydrogens (tertiary/aromatic N) is 2. The standard InChI is InChI=1S/C25H26Cl2F3N3O3.ClH/c1-3-32(4-2)16-7-13(8-16)12-33-20-10-14(22(31)34)9-18(25(28,29)30)21(20)24(36,23(33)35)17-6-5-15(26)11-19(17)27;/h5-6,9-11,13,16,36H,3-4,7-8,12H2,1-2H3,(H2,31,34);1H/t13-,16-,24?;. The second-order valence-electron chi connectivity index (χ2n) is 9.24. The quantitative estimate of drug-likeness (QED) is 0.469. The molecule has 2 aliphatic rings. The Morgan fingerprint density at radius 3 is 2.32 bits per heavy atom. The van der Waals surface area contributed by atoms with Gasteiger partial charge < -0.3 is 20.6 Å². The topological polar surface area (TPSA) is 86.9 Å². The number of hydrogen-bond acceptors (Lipinski definition) is 4. The third-order valence-electron chi connectivity index (χ3n) is 7.22. The zero-order valence-corrected chi connectivity index (χ0v) is 22.4. The molecule has 0 saturated heterocycles. The smallest absolute Gasteiger partial charge is 0.372 e. The molecule has 2 aromatic rings. The van der Waals surface area contributed by atoms with Gasteiger partial charge in [-0.3, -0.25) is 9.59 Å². The first-order valence-electron chi connectivity index (χ1n) is 11.6. The SMILES string of the molecule is CCN(CC)[C@H]1C[C@H](CN2C(=O)C(O)(c3ccc(Cl)cc3Cl)c3c2cc(C(N)=O)cc3C(F)(F)F)C1.Cl. The summed E-state index contributed by atoms with van der Waals surface area (Å²) in [6, 6.07) is 5.83. The Kier molecular flexibility index (Phi) is 8.47. The summed E-state index contributed by atoms with van der Waals surface area (Å²) < 4.78 is 42.8. The van der Waals surface area contributed by atoms with Gasteiger partial charge in [-0.1, -0.05) is 43.1 Å². The highest BCUT2D eigenvalue weighted by molar-refractivity contribution is 6.35. The van der Waals surface area contributed by atoms with Crippen LogP contribution in [0.15, 0.2) is 30.3 Å². The molecule has 1 saturated carbocycles. The van der Waals surface area contributed by atoms with Crippen LogP contribution in [0.2, 0.25) is 10.0 Å². The number of carbonyl (C=O) groups is 2. The number of anilines is 1. The Morgan fingerprint density at radius 1 is 1.19 bits per heavy atom. The van der Waals surface area contributed by atoms with Crippen LogP contribution in [0.5, 0.6) is 0 Å². The number of aliphatic hydroxyl groups is 1. The molecule has 3 N–H and O–H groups in total. The lowest BCUT2D eigenvalue weighted by atomic mass is 9.78. The summed E-state index contributed by atoms with van der Waals surface area (Å²) in [6.07, 6.45) is -3.49. The van der Waals surface area contributed by atoms with E-state index in [0.717, 1.165) is 36.9 Å². The van der Waals surface area contributed by atoms with Gasteiger partial charge in [-0.25, -0.2) is 0 Å². The zero-order chi connectivity index (χ0) is 26.6. The molecule has 1 aliphatic heterocycles. The highest BCUT2D eigenvalue weighted by atomic mass is 35.5. The fraction of sp³-hybridized carbons (Fsp3) is 0.440. The maximum absolute atomic E-state index is 14.3. The molecule has 202 valence electrons. The number of halogens is 6. The van der Waals surface area contributed by atoms with Crippen LogP contribution in [-0.2, 0) is 16.6 Å². The largest absolute Gasteiger partial charge is 0.416 e. The molecule has 6 nitrogen and oxygen atoms in total. The van der Waals surface area contributed by atoms with E-state index in [1.165, 1.54) is 18.2 Å². The Hall–Kier alpha value is -2.04. The average Bonchev–Trinajstić information content (AvgIpc) is 2.98. The van der Waals surface area contributed by atoms with E-state index in [0.29, 0.717) is 12.1 Å². The molecule has 1 fully saturated rings. The second kappa shape index (κ2) is 10.6. The van der Waals surface area contributed by atoms with Gasteiger partial charge in [0.25, 0.3) is 5.91 Å². The third-order valence-corrected chi connectivity index (χ3v) is 7.76. The van der Waals surface area contributed by atoms with Crippen LogP contribution in [0.3, 0.4) is 0 Å². The van der Waals surface area contributed by atoms with Crippen LogP contribution in [0, 0.1) is 5.92 Å². The number of benzene rings is 2. The lowest BCUT2D eigenvalue weighted by Gasteiger charge is -2.43. The molecule has 1 heterocycles. The molecule has 0 aromatic heterocycles. The number of alkyl halides is 3. The molecule has 1 unspecified atom stereocenters. The Balaban J connectivity index is 0.00000380. The molecule has 2 amide bonds. The van der Waals surface area contributed by atoms with Crippen molar-refractivity contribution in [3.8, 4) is 0 Å². The minimum Gasteiger partial charge on any atom is -0.372 e. The van der Waals surface area contributed by atoms with Crippen LogP contribution in [0.4, 0.5) is 18.9 Å². The van der Waals surface area contributed by atoms with Crippen LogP contribution in [0.1, 0.15) is 53.7 Å². The summed E-state index contributed by atoms with van der Waals surface area (Å²) in [6.45, 7) is 5.92. The lowest BCUT2D eigenvalue weighted by Crippen LogP contribution is -2.50. The minimum absolute atomic E-state index is 0. The van der Waals surface area contributed by atoms with Crippen molar-refractivity contribution in [2.45, 2.75) is 44.5 Å². The van der Waals surface area contributed by atoms with Gasteiger partial charge >= 0.3 is 6.18 Å². The fourth-order valence-corrected chi connectivity index (χ4v) is 5.90. The number of primary amides is 1. The Labute approximate surface area is 228 Å². The molecule has 0 bridgehead atoms. The molecule has 2 aromatic carbocycles. The van der Waals surface area contributed by atoms with Crippen molar-refractivity contribution in [2.75, 3.05) is 24.5 Å². The summed E-state index contributed by atoms with van der Waals surface area (Å²) in [5.41, 5.74) is -0.257. The molecule has 37 heavy (non-hydrogen) atoms. The molecule has 12 heteroatoms. The summed E-state index contributed by atoms with van der Waals surface area (Å²) >= 11 is 12.2. The normalized spacial score (nSPS) is 23.1. The predicted octanol–water partition coefficient (Wildman–Crippen LogP) is 5.24. The molecular weight excluding hydrogens is 554 g/mol. The third kappa shape index (κ3) is 5.04. The van der Waals surface area contributed by atoms with Crippen molar-refractivity contribution in [3.63, 3.8) is 0 Å². The molecule has 1 aliphatic carbocycles. The first kappa shape index (κ1) is 29.5. The van der Waals surface area contributed by atoms with Gasteiger partial charge in [0.15, 0.2) is 5.60 Å². The van der Waals surface area contributed by atoms with Gasteiger partial charge in [0.1, 0.15) is 0 Å². The average molecular weight is 581 g/mol. The van der Waals surface area contributed by atoms with Crippen molar-refractivity contribution in [1.82, 2.24) is 4.90 Å². The van der Waals surface area contributed by atoms with Crippen molar-refractivity contribution in [3.05, 3.63) is 62.6 Å². The van der Waals surface area contributed by atoms with Crippen molar-refractivity contribution < 1.29 is 27.9 Å². The van der Waals surface area contributed by atoms with Gasteiger partial charge in [0.05, 0.1) is 11.3 Å². The number of hydrogen-bond donors (Lipinski definition) is 2. The maximum Gasteiger partial charge on any atom is 0.416 e. The van der Waals surface area contributed by atoms with E-state index in [-0.39, 0.29) is 46.2 Å². The summed E-state index contributed by atoms with van der Waals surface area (Å²) in [4.78, 5) is 29.1. The van der Waals surface area contributed by atoms with Crippen molar-refractivity contribution in [2.24, 2.45) is 11.7 Å². The van der Waals surface area contributed by atoms with E-state index in [9.17, 15) is 27.9 Å². The van der Waals surface area contributed by atoms with Crippen LogP contribution < -0.4 is 10.6 Å². The van der Waals surface area contributed by atoms with Gasteiger partial charge in [-0.15, -0.1) is 12.4 Å². The monoisotopic (exact) mass is 579 g/mol. The molecular formula is C25H27Cl3F3N3O3. The number of fused-ring (bicyclic) bond motifs is 1. The second-order valence-corrected chi connectivity index (χ2v) is 10.1. The Morgan fingerprint density at radius 2 is 1.81 bits per heavy atom.